The summed E-state index contributed by atoms with van der Waals surface area (Å²) >= 11 is -1.49. The van der Waals surface area contributed by atoms with Crippen molar-refractivity contribution in [2.24, 2.45) is 4.40 Å². The van der Waals surface area contributed by atoms with Crippen LogP contribution in [-0.4, -0.2) is 19.4 Å². The first-order valence-corrected chi connectivity index (χ1v) is 5.09. The molecule has 0 amide bonds. The third-order valence-corrected chi connectivity index (χ3v) is 1.58. The van der Waals surface area contributed by atoms with Crippen LogP contribution in [0.4, 0.5) is 0 Å². The minimum absolute atomic E-state index is 0.950. The van der Waals surface area contributed by atoms with Gasteiger partial charge in [-0.1, -0.05) is 18.2 Å². The average molecular weight is 233 g/mol. The van der Waals surface area contributed by atoms with E-state index in [4.69, 9.17) is 13.3 Å². The molecule has 0 heterocycles. The molecule has 0 radical (unpaired) electrons. The van der Waals surface area contributed by atoms with Gasteiger partial charge in [-0.25, -0.2) is 4.79 Å². The second kappa shape index (κ2) is 8.61. The van der Waals surface area contributed by atoms with Crippen LogP contribution in [-0.2, 0) is 16.2 Å². The van der Waals surface area contributed by atoms with Crippen LogP contribution in [0.15, 0.2) is 39.6 Å². The molecular weight excluding hydrogens is 226 g/mol. The van der Waals surface area contributed by atoms with Crippen molar-refractivity contribution in [3.8, 4) is 0 Å². The van der Waals surface area contributed by atoms with Crippen LogP contribution in [0.2, 0.25) is 0 Å². The Hall–Kier alpha value is -0.980. The molecule has 14 heavy (non-hydrogen) atoms. The molecule has 0 saturated carbocycles. The van der Waals surface area contributed by atoms with Crippen LogP contribution in [0, 0.1) is 0 Å². The van der Waals surface area contributed by atoms with Crippen molar-refractivity contribution < 1.29 is 18.1 Å². The van der Waals surface area contributed by atoms with Gasteiger partial charge in [0, 0.05) is 16.8 Å². The minimum Gasteiger partial charge on any atom is -0.284 e. The fourth-order valence-electron chi connectivity index (χ4n) is 0.553. The second-order valence-electron chi connectivity index (χ2n) is 1.82. The van der Waals surface area contributed by atoms with Crippen molar-refractivity contribution in [3.63, 3.8) is 0 Å². The molecule has 7 heteroatoms. The van der Waals surface area contributed by atoms with Crippen LogP contribution in [0.25, 0.3) is 0 Å². The molecule has 1 rings (SSSR count). The van der Waals surface area contributed by atoms with Gasteiger partial charge in [0.25, 0.3) is 11.4 Å². The monoisotopic (exact) mass is 233 g/mol. The molecule has 0 bridgehead atoms. The maximum absolute atomic E-state index is 9.67. The number of isocyanates is 1. The van der Waals surface area contributed by atoms with Gasteiger partial charge >= 0.3 is 0 Å². The molecule has 2 N–H and O–H groups in total. The van der Waals surface area contributed by atoms with Crippen molar-refractivity contribution in [2.75, 3.05) is 0 Å². The number of rotatable bonds is 2. The van der Waals surface area contributed by atoms with Gasteiger partial charge in [-0.15, -0.1) is 4.40 Å². The van der Waals surface area contributed by atoms with E-state index in [0.29, 0.717) is 0 Å². The van der Waals surface area contributed by atoms with Crippen LogP contribution >= 0.6 is 11.9 Å². The van der Waals surface area contributed by atoms with Gasteiger partial charge in [0.05, 0.1) is 0 Å². The fourth-order valence-corrected chi connectivity index (χ4v) is 0.974. The lowest BCUT2D eigenvalue weighted by atomic mass is 10.4. The number of nitrogens with zero attached hydrogens (tertiary/aromatic N) is 1. The fraction of sp³-hybridized carbons (Fsp3) is 0. The summed E-state index contributed by atoms with van der Waals surface area (Å²) in [4.78, 5) is 10.6. The molecular formula is C7H7NO4S2. The number of benzene rings is 1. The van der Waals surface area contributed by atoms with Gasteiger partial charge in [-0.05, 0) is 12.1 Å². The molecule has 1 aromatic rings. The van der Waals surface area contributed by atoms with E-state index >= 15 is 0 Å². The molecule has 0 saturated heterocycles. The Morgan fingerprint density at radius 1 is 1.29 bits per heavy atom. The largest absolute Gasteiger partial charge is 0.299 e. The van der Waals surface area contributed by atoms with Crippen LogP contribution in [0.3, 0.4) is 0 Å². The standard InChI is InChI=1S/C7H5NOS.H2O3S/c9-6-8-10-7-4-2-1-3-5-7;1-4(2)3/h1-5H;(H2,1,2,3). The van der Waals surface area contributed by atoms with E-state index in [2.05, 4.69) is 4.40 Å². The third-order valence-electron chi connectivity index (χ3n) is 0.932. The molecule has 0 spiro atoms. The lowest BCUT2D eigenvalue weighted by molar-refractivity contribution is 0.454. The molecule has 0 unspecified atom stereocenters. The Bertz CT molecular complexity index is 320. The van der Waals surface area contributed by atoms with Crippen LogP contribution < -0.4 is 0 Å². The highest BCUT2D eigenvalue weighted by atomic mass is 32.2. The van der Waals surface area contributed by atoms with Gasteiger partial charge in [-0.2, -0.15) is 4.21 Å². The van der Waals surface area contributed by atoms with Crippen LogP contribution in [0.5, 0.6) is 0 Å². The van der Waals surface area contributed by atoms with Crippen molar-refractivity contribution in [3.05, 3.63) is 30.3 Å². The number of carbonyl (C=O) groups excluding carboxylic acids is 1. The summed E-state index contributed by atoms with van der Waals surface area (Å²) in [5.41, 5.74) is 0. The van der Waals surface area contributed by atoms with E-state index in [1.165, 1.54) is 6.08 Å². The highest BCUT2D eigenvalue weighted by Crippen LogP contribution is 2.16. The molecule has 76 valence electrons. The lowest BCUT2D eigenvalue weighted by Gasteiger charge is -1.88. The predicted octanol–water partition coefficient (Wildman–Crippen LogP) is 1.71. The summed E-state index contributed by atoms with van der Waals surface area (Å²) in [6.45, 7) is 0. The highest BCUT2D eigenvalue weighted by Gasteiger charge is 1.86. The molecule has 0 aliphatic carbocycles. The molecule has 5 nitrogen and oxygen atoms in total. The van der Waals surface area contributed by atoms with E-state index in [9.17, 15) is 4.79 Å². The van der Waals surface area contributed by atoms with E-state index in [1.54, 1.807) is 0 Å². The molecule has 0 aliphatic heterocycles. The quantitative estimate of drug-likeness (QED) is 0.351. The Morgan fingerprint density at radius 3 is 2.21 bits per heavy atom. The van der Waals surface area contributed by atoms with Gasteiger partial charge < -0.3 is 0 Å². The van der Waals surface area contributed by atoms with E-state index in [0.717, 1.165) is 16.8 Å². The Morgan fingerprint density at radius 2 is 1.79 bits per heavy atom. The summed E-state index contributed by atoms with van der Waals surface area (Å²) in [5.74, 6) is 0. The summed E-state index contributed by atoms with van der Waals surface area (Å²) in [5, 5.41) is 0. The summed E-state index contributed by atoms with van der Waals surface area (Å²) in [6, 6.07) is 9.46. The summed E-state index contributed by atoms with van der Waals surface area (Å²) in [7, 11) is 0. The Labute approximate surface area is 87.5 Å². The van der Waals surface area contributed by atoms with E-state index in [1.807, 2.05) is 30.3 Å². The van der Waals surface area contributed by atoms with Gasteiger partial charge in [-0.3, -0.25) is 9.11 Å². The van der Waals surface area contributed by atoms with Crippen molar-refractivity contribution in [2.45, 2.75) is 4.90 Å². The van der Waals surface area contributed by atoms with E-state index in [-0.39, 0.29) is 0 Å². The van der Waals surface area contributed by atoms with Crippen LogP contribution in [0.1, 0.15) is 0 Å². The molecule has 1 aromatic carbocycles. The lowest BCUT2D eigenvalue weighted by Crippen LogP contribution is -1.74. The average Bonchev–Trinajstić information content (AvgIpc) is 2.15. The normalized spacial score (nSPS) is 8.50. The number of hydrogen-bond acceptors (Lipinski definition) is 4. The first kappa shape index (κ1) is 13.0. The molecule has 0 atom stereocenters. The predicted molar refractivity (Wildman–Crippen MR) is 53.8 cm³/mol. The molecule has 0 aliphatic rings. The van der Waals surface area contributed by atoms with Crippen molar-refractivity contribution in [1.29, 1.82) is 0 Å². The van der Waals surface area contributed by atoms with Gasteiger partial charge in [0.2, 0.25) is 6.08 Å². The molecule has 0 fully saturated rings. The maximum atomic E-state index is 9.67. The topological polar surface area (TPSA) is 87.0 Å². The summed E-state index contributed by atoms with van der Waals surface area (Å²) < 4.78 is 26.2. The maximum Gasteiger partial charge on any atom is 0.299 e. The van der Waals surface area contributed by atoms with Gasteiger partial charge in [0.1, 0.15) is 0 Å². The zero-order valence-electron chi connectivity index (χ0n) is 6.86. The van der Waals surface area contributed by atoms with Crippen molar-refractivity contribution >= 4 is 29.4 Å². The Kier molecular flexibility index (Phi) is 8.01. The summed E-state index contributed by atoms with van der Waals surface area (Å²) in [6.07, 6.45) is 1.45. The van der Waals surface area contributed by atoms with Crippen molar-refractivity contribution in [1.82, 2.24) is 0 Å². The van der Waals surface area contributed by atoms with E-state index < -0.39 is 11.4 Å². The van der Waals surface area contributed by atoms with Gasteiger partial charge in [0.15, 0.2) is 0 Å². The minimum atomic E-state index is -2.61. The molecule has 0 aromatic heterocycles. The third kappa shape index (κ3) is 9.11. The SMILES string of the molecule is O=C=NSc1ccccc1.O=S(O)O. The first-order valence-electron chi connectivity index (χ1n) is 3.26. The second-order valence-corrected chi connectivity index (χ2v) is 3.12. The zero-order chi connectivity index (χ0) is 10.8. The smallest absolute Gasteiger partial charge is 0.284 e. The Balaban J connectivity index is 0.000000364. The highest BCUT2D eigenvalue weighted by molar-refractivity contribution is 7.98. The number of hydrogen-bond donors (Lipinski definition) is 2. The zero-order valence-corrected chi connectivity index (χ0v) is 8.49. The first-order chi connectivity index (χ1) is 6.66.